The van der Waals surface area contributed by atoms with Crippen molar-refractivity contribution in [1.29, 1.82) is 0 Å². The van der Waals surface area contributed by atoms with Crippen molar-refractivity contribution < 1.29 is 4.79 Å². The van der Waals surface area contributed by atoms with Crippen molar-refractivity contribution >= 4 is 40.3 Å². The molecule has 3 nitrogen and oxygen atoms in total. The summed E-state index contributed by atoms with van der Waals surface area (Å²) in [5, 5.41) is 0. The Morgan fingerprint density at radius 2 is 1.95 bits per heavy atom. The topological polar surface area (TPSA) is 25.2 Å². The number of aromatic nitrogens is 1. The zero-order chi connectivity index (χ0) is 14.8. The van der Waals surface area contributed by atoms with E-state index in [0.717, 1.165) is 11.4 Å². The summed E-state index contributed by atoms with van der Waals surface area (Å²) in [6, 6.07) is 14.0. The van der Waals surface area contributed by atoms with Gasteiger partial charge in [-0.1, -0.05) is 42.2 Å². The first kappa shape index (κ1) is 14.1. The van der Waals surface area contributed by atoms with Gasteiger partial charge in [0, 0.05) is 24.1 Å². The number of hydrogen-bond donors (Lipinski definition) is 0. The Morgan fingerprint density at radius 1 is 1.19 bits per heavy atom. The lowest BCUT2D eigenvalue weighted by Crippen LogP contribution is -2.27. The van der Waals surface area contributed by atoms with Crippen molar-refractivity contribution in [3.05, 3.63) is 59.3 Å². The first-order valence-corrected chi connectivity index (χ1v) is 7.91. The zero-order valence-electron chi connectivity index (χ0n) is 11.5. The Hall–Kier alpha value is -1.85. The molecule has 1 aromatic carbocycles. The molecule has 0 saturated carbocycles. The maximum Gasteiger partial charge on any atom is 0.266 e. The van der Waals surface area contributed by atoms with E-state index in [1.54, 1.807) is 4.90 Å². The van der Waals surface area contributed by atoms with E-state index in [-0.39, 0.29) is 5.91 Å². The number of para-hydroxylation sites is 1. The van der Waals surface area contributed by atoms with Crippen LogP contribution in [-0.4, -0.2) is 26.2 Å². The molecule has 21 heavy (non-hydrogen) atoms. The molecule has 106 valence electrons. The van der Waals surface area contributed by atoms with E-state index in [1.165, 1.54) is 11.8 Å². The van der Waals surface area contributed by atoms with Gasteiger partial charge in [-0.3, -0.25) is 9.69 Å². The number of amides is 1. The zero-order valence-corrected chi connectivity index (χ0v) is 13.2. The van der Waals surface area contributed by atoms with Crippen molar-refractivity contribution in [2.24, 2.45) is 0 Å². The molecule has 1 aliphatic rings. The fraction of sp³-hybridized carbons (Fsp3) is 0.125. The molecular weight excluding hydrogens is 300 g/mol. The third kappa shape index (κ3) is 2.66. The normalized spacial score (nSPS) is 17.0. The summed E-state index contributed by atoms with van der Waals surface area (Å²) in [5.41, 5.74) is 2.04. The Morgan fingerprint density at radius 3 is 2.62 bits per heavy atom. The summed E-state index contributed by atoms with van der Waals surface area (Å²) in [6.45, 7) is 2.54. The highest BCUT2D eigenvalue weighted by atomic mass is 32.2. The van der Waals surface area contributed by atoms with Crippen LogP contribution < -0.4 is 0 Å². The predicted molar refractivity (Wildman–Crippen MR) is 91.3 cm³/mol. The number of thioether (sulfide) groups is 1. The van der Waals surface area contributed by atoms with E-state index in [0.29, 0.717) is 15.8 Å². The summed E-state index contributed by atoms with van der Waals surface area (Å²) in [7, 11) is 0. The quantitative estimate of drug-likeness (QED) is 0.638. The van der Waals surface area contributed by atoms with Crippen molar-refractivity contribution in [2.45, 2.75) is 6.92 Å². The molecule has 0 atom stereocenters. The average Bonchev–Trinajstić information content (AvgIpc) is 3.06. The second kappa shape index (κ2) is 5.87. The minimum atomic E-state index is -0.00619. The third-order valence-corrected chi connectivity index (χ3v) is 4.66. The molecule has 0 N–H and O–H groups in total. The maximum atomic E-state index is 12.3. The molecule has 1 amide bonds. The fourth-order valence-corrected chi connectivity index (χ4v) is 3.61. The molecular formula is C16H14N2OS2. The molecule has 1 aliphatic heterocycles. The van der Waals surface area contributed by atoms with Gasteiger partial charge in [0.25, 0.3) is 5.91 Å². The minimum absolute atomic E-state index is 0.00619. The third-order valence-electron chi connectivity index (χ3n) is 3.28. The maximum absolute atomic E-state index is 12.3. The Balaban J connectivity index is 1.97. The van der Waals surface area contributed by atoms with Crippen LogP contribution in [0.15, 0.2) is 53.6 Å². The van der Waals surface area contributed by atoms with E-state index >= 15 is 0 Å². The van der Waals surface area contributed by atoms with Gasteiger partial charge < -0.3 is 4.57 Å². The molecule has 2 aromatic rings. The number of thiocarbonyl (C=S) groups is 1. The number of likely N-dealkylation sites (N-methyl/N-ethyl adjacent to an activating group) is 1. The van der Waals surface area contributed by atoms with Crippen molar-refractivity contribution in [3.8, 4) is 5.69 Å². The number of carbonyl (C=O) groups excluding carboxylic acids is 1. The highest BCUT2D eigenvalue weighted by Gasteiger charge is 2.30. The number of rotatable bonds is 3. The molecule has 0 unspecified atom stereocenters. The summed E-state index contributed by atoms with van der Waals surface area (Å²) >= 11 is 6.60. The lowest BCUT2D eigenvalue weighted by molar-refractivity contribution is -0.121. The highest BCUT2D eigenvalue weighted by Crippen LogP contribution is 2.32. The van der Waals surface area contributed by atoms with Crippen LogP contribution in [0.25, 0.3) is 11.8 Å². The summed E-state index contributed by atoms with van der Waals surface area (Å²) < 4.78 is 2.69. The van der Waals surface area contributed by atoms with E-state index < -0.39 is 0 Å². The van der Waals surface area contributed by atoms with Crippen LogP contribution in [0, 0.1) is 0 Å². The van der Waals surface area contributed by atoms with E-state index in [4.69, 9.17) is 12.2 Å². The minimum Gasteiger partial charge on any atom is -0.317 e. The van der Waals surface area contributed by atoms with Crippen LogP contribution in [0.3, 0.4) is 0 Å². The van der Waals surface area contributed by atoms with Crippen LogP contribution in [0.1, 0.15) is 12.6 Å². The second-order valence-electron chi connectivity index (χ2n) is 4.56. The van der Waals surface area contributed by atoms with Gasteiger partial charge in [-0.25, -0.2) is 0 Å². The molecule has 1 saturated heterocycles. The molecule has 1 fully saturated rings. The van der Waals surface area contributed by atoms with Gasteiger partial charge in [0.1, 0.15) is 4.32 Å². The molecule has 0 aliphatic carbocycles. The average molecular weight is 314 g/mol. The predicted octanol–water partition coefficient (Wildman–Crippen LogP) is 3.70. The van der Waals surface area contributed by atoms with Crippen molar-refractivity contribution in [3.63, 3.8) is 0 Å². The molecule has 0 radical (unpaired) electrons. The first-order chi connectivity index (χ1) is 10.2. The Bertz CT molecular complexity index is 719. The van der Waals surface area contributed by atoms with Crippen molar-refractivity contribution in [1.82, 2.24) is 9.47 Å². The molecule has 3 rings (SSSR count). The van der Waals surface area contributed by atoms with Gasteiger partial charge in [0.05, 0.1) is 4.91 Å². The molecule has 2 heterocycles. The molecule has 1 aromatic heterocycles. The van der Waals surface area contributed by atoms with Gasteiger partial charge in [-0.05, 0) is 37.3 Å². The molecule has 5 heteroatoms. The SMILES string of the molecule is CCN1C(=O)/C(=C/c2cccn2-c2ccccc2)SC1=S. The smallest absolute Gasteiger partial charge is 0.266 e. The molecule has 0 spiro atoms. The second-order valence-corrected chi connectivity index (χ2v) is 6.24. The van der Waals surface area contributed by atoms with Gasteiger partial charge in [-0.15, -0.1) is 0 Å². The summed E-state index contributed by atoms with van der Waals surface area (Å²) in [6.07, 6.45) is 3.89. The number of benzene rings is 1. The lowest BCUT2D eigenvalue weighted by atomic mass is 10.3. The van der Waals surface area contributed by atoms with Gasteiger partial charge in [-0.2, -0.15) is 0 Å². The van der Waals surface area contributed by atoms with Crippen molar-refractivity contribution in [2.75, 3.05) is 6.54 Å². The standard InChI is InChI=1S/C16H14N2OS2/c1-2-17-15(19)14(21-16(17)20)11-13-9-6-10-18(13)12-7-4-3-5-8-12/h3-11H,2H2,1H3/b14-11-. The number of nitrogens with zero attached hydrogens (tertiary/aromatic N) is 2. The summed E-state index contributed by atoms with van der Waals surface area (Å²) in [4.78, 5) is 14.6. The van der Waals surface area contributed by atoms with Crippen LogP contribution in [0.2, 0.25) is 0 Å². The number of hydrogen-bond acceptors (Lipinski definition) is 3. The van der Waals surface area contributed by atoms with E-state index in [2.05, 4.69) is 4.57 Å². The van der Waals surface area contributed by atoms with Gasteiger partial charge in [0.2, 0.25) is 0 Å². The van der Waals surface area contributed by atoms with Crippen LogP contribution >= 0.6 is 24.0 Å². The Labute approximate surface area is 133 Å². The Kier molecular flexibility index (Phi) is 3.94. The van der Waals surface area contributed by atoms with E-state index in [1.807, 2.05) is 61.7 Å². The highest BCUT2D eigenvalue weighted by molar-refractivity contribution is 8.26. The van der Waals surface area contributed by atoms with E-state index in [9.17, 15) is 4.79 Å². The first-order valence-electron chi connectivity index (χ1n) is 6.69. The summed E-state index contributed by atoms with van der Waals surface area (Å²) in [5.74, 6) is -0.00619. The van der Waals surface area contributed by atoms with Crippen LogP contribution in [0.4, 0.5) is 0 Å². The van der Waals surface area contributed by atoms with Crippen LogP contribution in [0.5, 0.6) is 0 Å². The van der Waals surface area contributed by atoms with Crippen LogP contribution in [-0.2, 0) is 4.79 Å². The lowest BCUT2D eigenvalue weighted by Gasteiger charge is -2.09. The number of carbonyl (C=O) groups is 1. The molecule has 0 bridgehead atoms. The van der Waals surface area contributed by atoms with Gasteiger partial charge in [0.15, 0.2) is 0 Å². The largest absolute Gasteiger partial charge is 0.317 e. The monoisotopic (exact) mass is 314 g/mol. The van der Waals surface area contributed by atoms with Gasteiger partial charge >= 0.3 is 0 Å². The fourth-order valence-electron chi connectivity index (χ4n) is 2.24.